The average molecular weight is 245 g/mol. The van der Waals surface area contributed by atoms with E-state index in [9.17, 15) is 9.90 Å². The predicted molar refractivity (Wildman–Crippen MR) is 73.4 cm³/mol. The first kappa shape index (κ1) is 12.7. The Labute approximate surface area is 108 Å². The van der Waals surface area contributed by atoms with Crippen LogP contribution in [0.25, 0.3) is 0 Å². The largest absolute Gasteiger partial charge is 0.478 e. The molecule has 0 unspecified atom stereocenters. The Hall–Kier alpha value is -1.77. The fourth-order valence-electron chi connectivity index (χ4n) is 2.45. The van der Waals surface area contributed by atoms with E-state index >= 15 is 0 Å². The summed E-state index contributed by atoms with van der Waals surface area (Å²) in [6.07, 6.45) is 2.83. The molecule has 2 rings (SSSR count). The highest BCUT2D eigenvalue weighted by atomic mass is 16.4. The van der Waals surface area contributed by atoms with Gasteiger partial charge < -0.3 is 10.0 Å². The van der Waals surface area contributed by atoms with Crippen LogP contribution in [0.5, 0.6) is 0 Å². The van der Waals surface area contributed by atoms with Gasteiger partial charge in [0.15, 0.2) is 0 Å². The van der Waals surface area contributed by atoms with Crippen LogP contribution in [0.3, 0.4) is 0 Å². The van der Waals surface area contributed by atoms with Crippen LogP contribution in [0.2, 0.25) is 0 Å². The van der Waals surface area contributed by atoms with Crippen LogP contribution in [-0.2, 0) is 6.42 Å². The van der Waals surface area contributed by atoms with E-state index in [4.69, 9.17) is 0 Å². The van der Waals surface area contributed by atoms with E-state index in [2.05, 4.69) is 18.4 Å². The Morgan fingerprint density at radius 3 is 2.94 bits per heavy atom. The molecule has 0 aromatic heterocycles. The number of aromatic carboxylic acids is 1. The van der Waals surface area contributed by atoms with Crippen LogP contribution in [-0.4, -0.2) is 24.2 Å². The molecule has 0 spiro atoms. The highest BCUT2D eigenvalue weighted by Crippen LogP contribution is 2.30. The summed E-state index contributed by atoms with van der Waals surface area (Å²) in [5.41, 5.74) is 3.67. The molecule has 0 bridgehead atoms. The molecule has 1 aliphatic rings. The smallest absolute Gasteiger partial charge is 0.336 e. The molecular formula is C15H19NO2. The second-order valence-corrected chi connectivity index (χ2v) is 4.74. The zero-order valence-corrected chi connectivity index (χ0v) is 10.8. The quantitative estimate of drug-likeness (QED) is 0.829. The molecular weight excluding hydrogens is 226 g/mol. The molecule has 3 heteroatoms. The van der Waals surface area contributed by atoms with Gasteiger partial charge in [0.25, 0.3) is 0 Å². The van der Waals surface area contributed by atoms with Gasteiger partial charge in [-0.2, -0.15) is 0 Å². The highest BCUT2D eigenvalue weighted by Gasteiger charge is 2.21. The summed E-state index contributed by atoms with van der Waals surface area (Å²) in [4.78, 5) is 13.5. The molecule has 96 valence electrons. The standard InChI is InChI=1S/C15H19NO2/c1-3-11(2)10-16-9-5-7-12-13(15(17)18)6-4-8-14(12)16/h4,6,8H,2-3,5,7,9-10H2,1H3,(H,17,18). The Bertz CT molecular complexity index is 479. The van der Waals surface area contributed by atoms with Gasteiger partial charge in [0.1, 0.15) is 0 Å². The monoisotopic (exact) mass is 245 g/mol. The van der Waals surface area contributed by atoms with Crippen molar-refractivity contribution in [2.45, 2.75) is 26.2 Å². The van der Waals surface area contributed by atoms with Crippen LogP contribution < -0.4 is 4.90 Å². The molecule has 0 radical (unpaired) electrons. The third-order valence-corrected chi connectivity index (χ3v) is 3.49. The zero-order chi connectivity index (χ0) is 13.1. The topological polar surface area (TPSA) is 40.5 Å². The summed E-state index contributed by atoms with van der Waals surface area (Å²) in [6.45, 7) is 7.95. The number of carbonyl (C=O) groups is 1. The second-order valence-electron chi connectivity index (χ2n) is 4.74. The van der Waals surface area contributed by atoms with Gasteiger partial charge in [-0.1, -0.05) is 25.1 Å². The summed E-state index contributed by atoms with van der Waals surface area (Å²) in [6, 6.07) is 5.54. The molecule has 0 atom stereocenters. The summed E-state index contributed by atoms with van der Waals surface area (Å²) >= 11 is 0. The maximum Gasteiger partial charge on any atom is 0.336 e. The molecule has 1 aromatic carbocycles. The first-order valence-electron chi connectivity index (χ1n) is 6.40. The maximum absolute atomic E-state index is 11.2. The van der Waals surface area contributed by atoms with E-state index in [1.165, 1.54) is 5.57 Å². The predicted octanol–water partition coefficient (Wildman–Crippen LogP) is 3.10. The fourth-order valence-corrected chi connectivity index (χ4v) is 2.45. The van der Waals surface area contributed by atoms with Crippen LogP contribution in [0, 0.1) is 0 Å². The third kappa shape index (κ3) is 2.40. The molecule has 1 heterocycles. The summed E-state index contributed by atoms with van der Waals surface area (Å²) in [5, 5.41) is 9.22. The molecule has 0 aliphatic carbocycles. The van der Waals surface area contributed by atoms with E-state index in [1.54, 1.807) is 6.07 Å². The van der Waals surface area contributed by atoms with E-state index < -0.39 is 5.97 Å². The number of hydrogen-bond acceptors (Lipinski definition) is 2. The first-order chi connectivity index (χ1) is 8.63. The lowest BCUT2D eigenvalue weighted by Gasteiger charge is -2.32. The normalized spacial score (nSPS) is 14.2. The summed E-state index contributed by atoms with van der Waals surface area (Å²) in [5.74, 6) is -0.831. The minimum atomic E-state index is -0.831. The van der Waals surface area contributed by atoms with Gasteiger partial charge in [0.05, 0.1) is 5.56 Å². The third-order valence-electron chi connectivity index (χ3n) is 3.49. The summed E-state index contributed by atoms with van der Waals surface area (Å²) in [7, 11) is 0. The molecule has 0 fully saturated rings. The lowest BCUT2D eigenvalue weighted by atomic mass is 9.96. The summed E-state index contributed by atoms with van der Waals surface area (Å²) < 4.78 is 0. The van der Waals surface area contributed by atoms with E-state index in [0.717, 1.165) is 43.6 Å². The molecule has 1 aliphatic heterocycles. The molecule has 1 aromatic rings. The first-order valence-corrected chi connectivity index (χ1v) is 6.40. The number of rotatable bonds is 4. The lowest BCUT2D eigenvalue weighted by molar-refractivity contribution is 0.0695. The molecule has 0 saturated carbocycles. The number of carboxylic acids is 1. The van der Waals surface area contributed by atoms with Gasteiger partial charge in [0.2, 0.25) is 0 Å². The van der Waals surface area contributed by atoms with Crippen molar-refractivity contribution in [1.82, 2.24) is 0 Å². The van der Waals surface area contributed by atoms with E-state index in [-0.39, 0.29) is 0 Å². The molecule has 3 nitrogen and oxygen atoms in total. The van der Waals surface area contributed by atoms with Gasteiger partial charge in [0, 0.05) is 18.8 Å². The van der Waals surface area contributed by atoms with Crippen molar-refractivity contribution in [3.05, 3.63) is 41.5 Å². The molecule has 18 heavy (non-hydrogen) atoms. The Kier molecular flexibility index (Phi) is 3.70. The van der Waals surface area contributed by atoms with Crippen molar-refractivity contribution in [2.24, 2.45) is 0 Å². The fraction of sp³-hybridized carbons (Fsp3) is 0.400. The van der Waals surface area contributed by atoms with Gasteiger partial charge in [-0.25, -0.2) is 4.79 Å². The van der Waals surface area contributed by atoms with Gasteiger partial charge in [-0.3, -0.25) is 0 Å². The number of carboxylic acid groups (broad SMARTS) is 1. The number of benzene rings is 1. The lowest BCUT2D eigenvalue weighted by Crippen LogP contribution is -2.31. The number of nitrogens with zero attached hydrogens (tertiary/aromatic N) is 1. The number of anilines is 1. The van der Waals surface area contributed by atoms with Gasteiger partial charge in [-0.05, 0) is 37.0 Å². The van der Waals surface area contributed by atoms with Crippen molar-refractivity contribution in [3.8, 4) is 0 Å². The minimum absolute atomic E-state index is 0.444. The highest BCUT2D eigenvalue weighted by molar-refractivity contribution is 5.91. The Morgan fingerprint density at radius 1 is 1.50 bits per heavy atom. The second kappa shape index (κ2) is 5.25. The number of hydrogen-bond donors (Lipinski definition) is 1. The van der Waals surface area contributed by atoms with Crippen LogP contribution >= 0.6 is 0 Å². The van der Waals surface area contributed by atoms with Crippen molar-refractivity contribution < 1.29 is 9.90 Å². The van der Waals surface area contributed by atoms with Crippen LogP contribution in [0.15, 0.2) is 30.4 Å². The molecule has 0 saturated heterocycles. The van der Waals surface area contributed by atoms with E-state index in [0.29, 0.717) is 5.56 Å². The van der Waals surface area contributed by atoms with Gasteiger partial charge >= 0.3 is 5.97 Å². The van der Waals surface area contributed by atoms with E-state index in [1.807, 2.05) is 12.1 Å². The SMILES string of the molecule is C=C(CC)CN1CCCc2c(C(=O)O)cccc21. The van der Waals surface area contributed by atoms with Crippen LogP contribution in [0.4, 0.5) is 5.69 Å². The van der Waals surface area contributed by atoms with Crippen molar-refractivity contribution in [3.63, 3.8) is 0 Å². The molecule has 0 amide bonds. The Balaban J connectivity index is 2.35. The van der Waals surface area contributed by atoms with Gasteiger partial charge in [-0.15, -0.1) is 0 Å². The average Bonchev–Trinajstić information content (AvgIpc) is 2.38. The van der Waals surface area contributed by atoms with Crippen molar-refractivity contribution >= 4 is 11.7 Å². The van der Waals surface area contributed by atoms with Crippen molar-refractivity contribution in [2.75, 3.05) is 18.0 Å². The molecule has 1 N–H and O–H groups in total. The Morgan fingerprint density at radius 2 is 2.28 bits per heavy atom. The zero-order valence-electron chi connectivity index (χ0n) is 10.8. The van der Waals surface area contributed by atoms with Crippen molar-refractivity contribution in [1.29, 1.82) is 0 Å². The number of fused-ring (bicyclic) bond motifs is 1. The minimum Gasteiger partial charge on any atom is -0.478 e. The maximum atomic E-state index is 11.2. The van der Waals surface area contributed by atoms with Crippen LogP contribution in [0.1, 0.15) is 35.7 Å².